The van der Waals surface area contributed by atoms with E-state index in [1.165, 1.54) is 0 Å². The van der Waals surface area contributed by atoms with Gasteiger partial charge in [0.1, 0.15) is 0 Å². The van der Waals surface area contributed by atoms with E-state index in [2.05, 4.69) is 26.2 Å². The van der Waals surface area contributed by atoms with Crippen LogP contribution in [-0.2, 0) is 11.3 Å². The summed E-state index contributed by atoms with van der Waals surface area (Å²) in [6.45, 7) is 1.39. The first kappa shape index (κ1) is 14.0. The van der Waals surface area contributed by atoms with Crippen LogP contribution in [0.2, 0.25) is 0 Å². The van der Waals surface area contributed by atoms with E-state index in [1.807, 2.05) is 24.3 Å². The molecule has 0 amide bonds. The lowest BCUT2D eigenvalue weighted by atomic mass is 10.1. The molecule has 0 radical (unpaired) electrons. The molecular formula is C14H15BrN2O2. The highest BCUT2D eigenvalue weighted by atomic mass is 79.9. The second-order valence-electron chi connectivity index (χ2n) is 4.28. The average molecular weight is 323 g/mol. The fourth-order valence-electron chi connectivity index (χ4n) is 1.93. The Morgan fingerprint density at radius 1 is 1.37 bits per heavy atom. The molecule has 0 saturated heterocycles. The van der Waals surface area contributed by atoms with E-state index in [-0.39, 0.29) is 6.42 Å². The number of hydrogen-bond acceptors (Lipinski definition) is 3. The third-order valence-corrected chi connectivity index (χ3v) is 3.55. The number of aliphatic carboxylic acids is 1. The fourth-order valence-corrected chi connectivity index (χ4v) is 2.38. The summed E-state index contributed by atoms with van der Waals surface area (Å²) in [5.74, 6) is -0.752. The van der Waals surface area contributed by atoms with E-state index in [4.69, 9.17) is 5.11 Å². The molecule has 0 unspecified atom stereocenters. The van der Waals surface area contributed by atoms with Gasteiger partial charge in [-0.15, -0.1) is 0 Å². The van der Waals surface area contributed by atoms with E-state index in [9.17, 15) is 4.79 Å². The highest BCUT2D eigenvalue weighted by molar-refractivity contribution is 9.10. The zero-order valence-corrected chi connectivity index (χ0v) is 12.0. The Bertz CT molecular complexity index is 587. The Morgan fingerprint density at radius 2 is 2.21 bits per heavy atom. The van der Waals surface area contributed by atoms with Gasteiger partial charge in [0.2, 0.25) is 0 Å². The second kappa shape index (κ2) is 6.63. The molecule has 2 aromatic rings. The lowest BCUT2D eigenvalue weighted by Crippen LogP contribution is -2.16. The van der Waals surface area contributed by atoms with Gasteiger partial charge < -0.3 is 10.4 Å². The molecule has 2 rings (SSSR count). The molecule has 0 bridgehead atoms. The topological polar surface area (TPSA) is 62.2 Å². The van der Waals surface area contributed by atoms with Crippen LogP contribution in [0, 0.1) is 0 Å². The Balaban J connectivity index is 2.01. The first-order valence-electron chi connectivity index (χ1n) is 6.13. The van der Waals surface area contributed by atoms with Crippen molar-refractivity contribution < 1.29 is 9.90 Å². The fraction of sp³-hybridized carbons (Fsp3) is 0.286. The largest absolute Gasteiger partial charge is 0.481 e. The van der Waals surface area contributed by atoms with Crippen LogP contribution >= 0.6 is 15.9 Å². The standard InChI is InChI=1S/C14H15BrN2O2/c15-12-6-5-10(9-16-7-2-4-13(18)19)14-11(12)3-1-8-17-14/h1,3,5-6,8,16H,2,4,7,9H2,(H,18,19). The summed E-state index contributed by atoms with van der Waals surface area (Å²) in [5, 5.41) is 12.9. The summed E-state index contributed by atoms with van der Waals surface area (Å²) in [6, 6.07) is 7.99. The SMILES string of the molecule is O=C(O)CCCNCc1ccc(Br)c2cccnc12. The summed E-state index contributed by atoms with van der Waals surface area (Å²) < 4.78 is 1.03. The molecule has 0 aliphatic carbocycles. The van der Waals surface area contributed by atoms with Crippen LogP contribution in [0.5, 0.6) is 0 Å². The number of fused-ring (bicyclic) bond motifs is 1. The van der Waals surface area contributed by atoms with Crippen LogP contribution in [-0.4, -0.2) is 22.6 Å². The minimum absolute atomic E-state index is 0.201. The van der Waals surface area contributed by atoms with Gasteiger partial charge >= 0.3 is 5.97 Å². The predicted octanol–water partition coefficient (Wildman–Crippen LogP) is 2.95. The van der Waals surface area contributed by atoms with Gasteiger partial charge in [0, 0.05) is 29.0 Å². The third-order valence-electron chi connectivity index (χ3n) is 2.86. The molecule has 2 N–H and O–H groups in total. The maximum absolute atomic E-state index is 10.4. The summed E-state index contributed by atoms with van der Waals surface area (Å²) >= 11 is 3.51. The number of halogens is 1. The van der Waals surface area contributed by atoms with Crippen molar-refractivity contribution in [3.05, 3.63) is 40.5 Å². The highest BCUT2D eigenvalue weighted by Gasteiger charge is 2.05. The van der Waals surface area contributed by atoms with E-state index in [0.717, 1.165) is 20.9 Å². The van der Waals surface area contributed by atoms with Crippen molar-refractivity contribution in [2.45, 2.75) is 19.4 Å². The molecule has 1 aromatic carbocycles. The van der Waals surface area contributed by atoms with Gasteiger partial charge in [-0.2, -0.15) is 0 Å². The molecule has 1 heterocycles. The number of rotatable bonds is 6. The minimum Gasteiger partial charge on any atom is -0.481 e. The summed E-state index contributed by atoms with van der Waals surface area (Å²) in [4.78, 5) is 14.8. The number of carboxylic acid groups (broad SMARTS) is 1. The van der Waals surface area contributed by atoms with Crippen molar-refractivity contribution in [2.75, 3.05) is 6.54 Å². The van der Waals surface area contributed by atoms with Gasteiger partial charge in [-0.05, 0) is 30.7 Å². The van der Waals surface area contributed by atoms with Gasteiger partial charge in [-0.1, -0.05) is 28.1 Å². The van der Waals surface area contributed by atoms with Crippen LogP contribution < -0.4 is 5.32 Å². The van der Waals surface area contributed by atoms with Crippen LogP contribution in [0.1, 0.15) is 18.4 Å². The number of carboxylic acids is 1. The summed E-state index contributed by atoms with van der Waals surface area (Å²) in [6.07, 6.45) is 2.62. The molecule has 4 nitrogen and oxygen atoms in total. The van der Waals surface area contributed by atoms with Crippen molar-refractivity contribution in [2.24, 2.45) is 0 Å². The Kier molecular flexibility index (Phi) is 4.87. The number of nitrogens with one attached hydrogen (secondary N) is 1. The smallest absolute Gasteiger partial charge is 0.303 e. The Hall–Kier alpha value is -1.46. The first-order chi connectivity index (χ1) is 9.18. The molecule has 0 spiro atoms. The normalized spacial score (nSPS) is 10.8. The monoisotopic (exact) mass is 322 g/mol. The minimum atomic E-state index is -0.752. The van der Waals surface area contributed by atoms with Crippen LogP contribution in [0.25, 0.3) is 10.9 Å². The van der Waals surface area contributed by atoms with Crippen LogP contribution in [0.4, 0.5) is 0 Å². The molecule has 19 heavy (non-hydrogen) atoms. The maximum Gasteiger partial charge on any atom is 0.303 e. The molecule has 0 fully saturated rings. The van der Waals surface area contributed by atoms with Gasteiger partial charge in [0.25, 0.3) is 0 Å². The van der Waals surface area contributed by atoms with Crippen molar-refractivity contribution >= 4 is 32.8 Å². The van der Waals surface area contributed by atoms with Gasteiger partial charge in [0.05, 0.1) is 5.52 Å². The van der Waals surface area contributed by atoms with Crippen LogP contribution in [0.15, 0.2) is 34.9 Å². The van der Waals surface area contributed by atoms with E-state index in [0.29, 0.717) is 19.5 Å². The van der Waals surface area contributed by atoms with Gasteiger partial charge in [0.15, 0.2) is 0 Å². The molecule has 1 aromatic heterocycles. The lowest BCUT2D eigenvalue weighted by Gasteiger charge is -2.08. The third kappa shape index (κ3) is 3.75. The van der Waals surface area contributed by atoms with Crippen molar-refractivity contribution in [1.82, 2.24) is 10.3 Å². The number of carbonyl (C=O) groups is 1. The summed E-state index contributed by atoms with van der Waals surface area (Å²) in [5.41, 5.74) is 2.09. The van der Waals surface area contributed by atoms with E-state index < -0.39 is 5.97 Å². The van der Waals surface area contributed by atoms with Crippen molar-refractivity contribution in [1.29, 1.82) is 0 Å². The van der Waals surface area contributed by atoms with Gasteiger partial charge in [-0.25, -0.2) is 0 Å². The van der Waals surface area contributed by atoms with E-state index >= 15 is 0 Å². The van der Waals surface area contributed by atoms with Gasteiger partial charge in [-0.3, -0.25) is 9.78 Å². The van der Waals surface area contributed by atoms with Crippen molar-refractivity contribution in [3.8, 4) is 0 Å². The molecule has 0 saturated carbocycles. The highest BCUT2D eigenvalue weighted by Crippen LogP contribution is 2.24. The molecule has 5 heteroatoms. The van der Waals surface area contributed by atoms with Crippen LogP contribution in [0.3, 0.4) is 0 Å². The van der Waals surface area contributed by atoms with E-state index in [1.54, 1.807) is 6.20 Å². The number of hydrogen-bond donors (Lipinski definition) is 2. The zero-order valence-electron chi connectivity index (χ0n) is 10.4. The number of nitrogens with zero attached hydrogens (tertiary/aromatic N) is 1. The number of benzene rings is 1. The second-order valence-corrected chi connectivity index (χ2v) is 5.13. The number of aromatic nitrogens is 1. The summed E-state index contributed by atoms with van der Waals surface area (Å²) in [7, 11) is 0. The molecule has 0 atom stereocenters. The molecular weight excluding hydrogens is 308 g/mol. The first-order valence-corrected chi connectivity index (χ1v) is 6.92. The molecule has 0 aliphatic rings. The quantitative estimate of drug-likeness (QED) is 0.803. The molecule has 100 valence electrons. The lowest BCUT2D eigenvalue weighted by molar-refractivity contribution is -0.137. The average Bonchev–Trinajstić information content (AvgIpc) is 2.41. The maximum atomic E-state index is 10.4. The Morgan fingerprint density at radius 3 is 3.00 bits per heavy atom. The Labute approximate surface area is 120 Å². The van der Waals surface area contributed by atoms with Crippen molar-refractivity contribution in [3.63, 3.8) is 0 Å². The zero-order chi connectivity index (χ0) is 13.7. The predicted molar refractivity (Wildman–Crippen MR) is 78.0 cm³/mol. The molecule has 0 aliphatic heterocycles. The number of pyridine rings is 1.